The molecule has 0 aliphatic rings. The van der Waals surface area contributed by atoms with E-state index in [2.05, 4.69) is 5.32 Å². The van der Waals surface area contributed by atoms with Gasteiger partial charge in [-0.1, -0.05) is 25.1 Å². The topological polar surface area (TPSA) is 66.0 Å². The van der Waals surface area contributed by atoms with E-state index in [4.69, 9.17) is 9.68 Å². The Morgan fingerprint density at radius 2 is 2.15 bits per heavy atom. The van der Waals surface area contributed by atoms with Gasteiger partial charge in [-0.3, -0.25) is 4.79 Å². The smallest absolute Gasteiger partial charge is 0.288 e. The average Bonchev–Trinajstić information content (AvgIpc) is 2.94. The van der Waals surface area contributed by atoms with Gasteiger partial charge in [0.05, 0.1) is 6.07 Å². The van der Waals surface area contributed by atoms with Crippen LogP contribution in [0.3, 0.4) is 0 Å². The lowest BCUT2D eigenvalue weighted by Crippen LogP contribution is -2.27. The van der Waals surface area contributed by atoms with Crippen LogP contribution >= 0.6 is 0 Å². The highest BCUT2D eigenvalue weighted by molar-refractivity contribution is 5.92. The summed E-state index contributed by atoms with van der Waals surface area (Å²) in [5, 5.41) is 11.5. The van der Waals surface area contributed by atoms with Crippen LogP contribution in [0.2, 0.25) is 0 Å². The fraction of sp³-hybridized carbons (Fsp3) is 0.200. The largest absolute Gasteiger partial charge is 0.456 e. The molecule has 0 aliphatic carbocycles. The van der Waals surface area contributed by atoms with Gasteiger partial charge >= 0.3 is 0 Å². The Morgan fingerprint density at radius 1 is 1.40 bits per heavy atom. The molecule has 0 spiro atoms. The van der Waals surface area contributed by atoms with Crippen molar-refractivity contribution < 1.29 is 13.6 Å². The fourth-order valence-electron chi connectivity index (χ4n) is 1.78. The monoisotopic (exact) mass is 272 g/mol. The molecule has 0 aliphatic heterocycles. The van der Waals surface area contributed by atoms with Crippen molar-refractivity contribution in [2.45, 2.75) is 19.4 Å². The molecule has 1 aromatic carbocycles. The quantitative estimate of drug-likeness (QED) is 0.930. The summed E-state index contributed by atoms with van der Waals surface area (Å²) in [6, 6.07) is 9.87. The van der Waals surface area contributed by atoms with E-state index in [9.17, 15) is 9.18 Å². The fourth-order valence-corrected chi connectivity index (χ4v) is 1.78. The number of hydrogen-bond acceptors (Lipinski definition) is 3. The van der Waals surface area contributed by atoms with Gasteiger partial charge < -0.3 is 9.73 Å². The predicted molar refractivity (Wildman–Crippen MR) is 70.3 cm³/mol. The van der Waals surface area contributed by atoms with E-state index < -0.39 is 17.8 Å². The van der Waals surface area contributed by atoms with Crippen LogP contribution in [0.4, 0.5) is 4.39 Å². The van der Waals surface area contributed by atoms with Crippen molar-refractivity contribution >= 4 is 5.91 Å². The van der Waals surface area contributed by atoms with Crippen LogP contribution in [-0.2, 0) is 6.42 Å². The number of hydrogen-bond donors (Lipinski definition) is 1. The van der Waals surface area contributed by atoms with Gasteiger partial charge in [-0.25, -0.2) is 4.39 Å². The number of aryl methyl sites for hydroxylation is 1. The molecule has 4 nitrogen and oxygen atoms in total. The van der Waals surface area contributed by atoms with Gasteiger partial charge in [0.15, 0.2) is 5.76 Å². The predicted octanol–water partition coefficient (Wildman–Crippen LogP) is 2.98. The Kier molecular flexibility index (Phi) is 4.16. The molecule has 1 heterocycles. The Morgan fingerprint density at radius 3 is 2.75 bits per heavy atom. The summed E-state index contributed by atoms with van der Waals surface area (Å²) in [6.07, 6.45) is 0.669. The second kappa shape index (κ2) is 6.02. The van der Waals surface area contributed by atoms with E-state index in [1.54, 1.807) is 12.1 Å². The van der Waals surface area contributed by atoms with Crippen LogP contribution in [0.5, 0.6) is 0 Å². The van der Waals surface area contributed by atoms with E-state index >= 15 is 0 Å². The minimum atomic E-state index is -1.06. The zero-order valence-corrected chi connectivity index (χ0v) is 10.9. The number of nitrogens with one attached hydrogen (secondary N) is 1. The van der Waals surface area contributed by atoms with Crippen LogP contribution in [0.25, 0.3) is 0 Å². The highest BCUT2D eigenvalue weighted by Gasteiger charge is 2.19. The number of nitriles is 1. The third kappa shape index (κ3) is 2.86. The molecule has 0 fully saturated rings. The number of amides is 1. The third-order valence-electron chi connectivity index (χ3n) is 2.85. The molecule has 0 saturated heterocycles. The maximum atomic E-state index is 13.6. The molecule has 0 bridgehead atoms. The van der Waals surface area contributed by atoms with E-state index in [0.29, 0.717) is 12.2 Å². The van der Waals surface area contributed by atoms with Crippen molar-refractivity contribution in [1.29, 1.82) is 5.26 Å². The molecule has 2 aromatic rings. The van der Waals surface area contributed by atoms with Crippen LogP contribution in [-0.4, -0.2) is 5.91 Å². The number of furan rings is 1. The molecule has 1 atom stereocenters. The number of nitrogens with zero attached hydrogens (tertiary/aromatic N) is 1. The van der Waals surface area contributed by atoms with Gasteiger partial charge in [-0.05, 0) is 18.2 Å². The first-order valence-electron chi connectivity index (χ1n) is 6.19. The van der Waals surface area contributed by atoms with Crippen LogP contribution in [0.15, 0.2) is 40.8 Å². The second-order valence-electron chi connectivity index (χ2n) is 4.18. The van der Waals surface area contributed by atoms with Crippen LogP contribution < -0.4 is 5.32 Å². The second-order valence-corrected chi connectivity index (χ2v) is 4.18. The van der Waals surface area contributed by atoms with Gasteiger partial charge in [-0.2, -0.15) is 5.26 Å². The summed E-state index contributed by atoms with van der Waals surface area (Å²) in [7, 11) is 0. The van der Waals surface area contributed by atoms with Gasteiger partial charge in [-0.15, -0.1) is 0 Å². The minimum absolute atomic E-state index is 0.110. The number of carbonyl (C=O) groups is 1. The minimum Gasteiger partial charge on any atom is -0.456 e. The molecule has 102 valence electrons. The Labute approximate surface area is 115 Å². The summed E-state index contributed by atoms with van der Waals surface area (Å²) in [5.74, 6) is -0.291. The van der Waals surface area contributed by atoms with Gasteiger partial charge in [0.2, 0.25) is 0 Å². The number of rotatable bonds is 4. The normalized spacial score (nSPS) is 11.7. The molecule has 1 aromatic heterocycles. The zero-order valence-electron chi connectivity index (χ0n) is 10.9. The maximum absolute atomic E-state index is 13.6. The Bertz CT molecular complexity index is 658. The standard InChI is InChI=1S/C15H13FN2O2/c1-2-10-7-8-14(20-10)15(19)18-13(9-17)11-5-3-4-6-12(11)16/h3-8,13H,2H2,1H3,(H,18,19)/t13-/m0/s1. The van der Waals surface area contributed by atoms with Gasteiger partial charge in [0.1, 0.15) is 17.6 Å². The molecule has 0 saturated carbocycles. The summed E-state index contributed by atoms with van der Waals surface area (Å²) in [6.45, 7) is 1.90. The highest BCUT2D eigenvalue weighted by Crippen LogP contribution is 2.17. The molecule has 5 heteroatoms. The maximum Gasteiger partial charge on any atom is 0.288 e. The Hall–Kier alpha value is -2.61. The number of benzene rings is 1. The molecule has 1 amide bonds. The van der Waals surface area contributed by atoms with Crippen LogP contribution in [0.1, 0.15) is 34.8 Å². The molecule has 0 unspecified atom stereocenters. The lowest BCUT2D eigenvalue weighted by molar-refractivity contribution is 0.0915. The lowest BCUT2D eigenvalue weighted by atomic mass is 10.1. The zero-order chi connectivity index (χ0) is 14.5. The molecule has 2 rings (SSSR count). The van der Waals surface area contributed by atoms with Crippen molar-refractivity contribution in [3.05, 3.63) is 59.3 Å². The highest BCUT2D eigenvalue weighted by atomic mass is 19.1. The van der Waals surface area contributed by atoms with Crippen molar-refractivity contribution in [2.75, 3.05) is 0 Å². The first kappa shape index (κ1) is 13.8. The molecular weight excluding hydrogens is 259 g/mol. The van der Waals surface area contributed by atoms with E-state index in [-0.39, 0.29) is 11.3 Å². The van der Waals surface area contributed by atoms with Crippen LogP contribution in [0, 0.1) is 17.1 Å². The SMILES string of the molecule is CCc1ccc(C(=O)N[C@@H](C#N)c2ccccc2F)o1. The van der Waals surface area contributed by atoms with E-state index in [1.807, 2.05) is 13.0 Å². The molecule has 1 N–H and O–H groups in total. The average molecular weight is 272 g/mol. The number of carbonyl (C=O) groups excluding carboxylic acids is 1. The Balaban J connectivity index is 2.17. The van der Waals surface area contributed by atoms with Gasteiger partial charge in [0, 0.05) is 12.0 Å². The molecule has 0 radical (unpaired) electrons. The van der Waals surface area contributed by atoms with Crippen molar-refractivity contribution in [3.63, 3.8) is 0 Å². The first-order valence-corrected chi connectivity index (χ1v) is 6.19. The van der Waals surface area contributed by atoms with Crippen molar-refractivity contribution in [1.82, 2.24) is 5.32 Å². The lowest BCUT2D eigenvalue weighted by Gasteiger charge is -2.11. The summed E-state index contributed by atoms with van der Waals surface area (Å²) >= 11 is 0. The molecular formula is C15H13FN2O2. The summed E-state index contributed by atoms with van der Waals surface area (Å²) in [5.41, 5.74) is 0.130. The summed E-state index contributed by atoms with van der Waals surface area (Å²) < 4.78 is 18.9. The van der Waals surface area contributed by atoms with E-state index in [1.165, 1.54) is 24.3 Å². The number of halogens is 1. The summed E-state index contributed by atoms with van der Waals surface area (Å²) in [4.78, 5) is 11.9. The molecule has 20 heavy (non-hydrogen) atoms. The third-order valence-corrected chi connectivity index (χ3v) is 2.85. The van der Waals surface area contributed by atoms with Crippen molar-refractivity contribution in [3.8, 4) is 6.07 Å². The van der Waals surface area contributed by atoms with E-state index in [0.717, 1.165) is 0 Å². The van der Waals surface area contributed by atoms with Crippen molar-refractivity contribution in [2.24, 2.45) is 0 Å². The first-order chi connectivity index (χ1) is 9.65. The van der Waals surface area contributed by atoms with Gasteiger partial charge in [0.25, 0.3) is 5.91 Å².